The largest absolute Gasteiger partial charge is 0.454 e. The zero-order valence-corrected chi connectivity index (χ0v) is 13.0. The molecule has 0 bridgehead atoms. The lowest BCUT2D eigenvalue weighted by molar-refractivity contribution is -0.145. The molecule has 0 radical (unpaired) electrons. The minimum Gasteiger partial charge on any atom is -0.454 e. The molecule has 2 saturated heterocycles. The maximum Gasteiger partial charge on any atom is 0.231 e. The third kappa shape index (κ3) is 2.47. The minimum absolute atomic E-state index is 0.0332. The summed E-state index contributed by atoms with van der Waals surface area (Å²) in [5.74, 6) is 2.25. The van der Waals surface area contributed by atoms with Gasteiger partial charge in [-0.3, -0.25) is 4.90 Å². The predicted octanol–water partition coefficient (Wildman–Crippen LogP) is 2.04. The van der Waals surface area contributed by atoms with Crippen LogP contribution in [-0.4, -0.2) is 50.2 Å². The Hall–Kier alpha value is -1.30. The van der Waals surface area contributed by atoms with Gasteiger partial charge in [0.15, 0.2) is 11.5 Å². The molecule has 0 N–H and O–H groups in total. The van der Waals surface area contributed by atoms with Crippen LogP contribution in [-0.2, 0) is 16.0 Å². The van der Waals surface area contributed by atoms with Crippen LogP contribution in [0.3, 0.4) is 0 Å². The number of hydrogen-bond acceptors (Lipinski definition) is 5. The fraction of sp³-hybridized carbons (Fsp3) is 0.647. The smallest absolute Gasteiger partial charge is 0.231 e. The molecule has 5 nitrogen and oxygen atoms in total. The van der Waals surface area contributed by atoms with E-state index in [4.69, 9.17) is 18.9 Å². The Morgan fingerprint density at radius 1 is 1.27 bits per heavy atom. The van der Waals surface area contributed by atoms with Gasteiger partial charge in [-0.05, 0) is 31.0 Å². The van der Waals surface area contributed by atoms with E-state index in [9.17, 15) is 0 Å². The first kappa shape index (κ1) is 14.3. The number of benzene rings is 1. The topological polar surface area (TPSA) is 40.2 Å². The van der Waals surface area contributed by atoms with Gasteiger partial charge in [0.2, 0.25) is 6.79 Å². The van der Waals surface area contributed by atoms with Crippen LogP contribution < -0.4 is 9.47 Å². The molecule has 1 unspecified atom stereocenters. The molecule has 0 aliphatic carbocycles. The minimum atomic E-state index is 0.0332. The van der Waals surface area contributed by atoms with Gasteiger partial charge in [-0.15, -0.1) is 0 Å². The third-order valence-electron chi connectivity index (χ3n) is 4.95. The van der Waals surface area contributed by atoms with Crippen molar-refractivity contribution >= 4 is 0 Å². The quantitative estimate of drug-likeness (QED) is 0.832. The molecule has 1 atom stereocenters. The molecule has 22 heavy (non-hydrogen) atoms. The van der Waals surface area contributed by atoms with Crippen LogP contribution in [0.4, 0.5) is 0 Å². The second-order valence-corrected chi connectivity index (χ2v) is 6.39. The maximum atomic E-state index is 6.06. The summed E-state index contributed by atoms with van der Waals surface area (Å²) in [6.07, 6.45) is 1.12. The third-order valence-corrected chi connectivity index (χ3v) is 4.95. The van der Waals surface area contributed by atoms with Crippen LogP contribution in [0.5, 0.6) is 11.5 Å². The van der Waals surface area contributed by atoms with E-state index in [0.29, 0.717) is 12.7 Å². The lowest BCUT2D eigenvalue weighted by Crippen LogP contribution is -2.64. The lowest BCUT2D eigenvalue weighted by atomic mass is 9.81. The van der Waals surface area contributed by atoms with E-state index in [0.717, 1.165) is 57.4 Å². The monoisotopic (exact) mass is 305 g/mol. The van der Waals surface area contributed by atoms with Crippen molar-refractivity contribution in [2.75, 3.05) is 39.7 Å². The Morgan fingerprint density at radius 3 is 3.00 bits per heavy atom. The summed E-state index contributed by atoms with van der Waals surface area (Å²) in [5, 5.41) is 0. The fourth-order valence-corrected chi connectivity index (χ4v) is 3.75. The Balaban J connectivity index is 1.35. The highest BCUT2D eigenvalue weighted by Crippen LogP contribution is 2.41. The molecule has 0 aromatic heterocycles. The molecule has 2 fully saturated rings. The van der Waals surface area contributed by atoms with Crippen molar-refractivity contribution in [1.29, 1.82) is 0 Å². The molecule has 0 saturated carbocycles. The predicted molar refractivity (Wildman–Crippen MR) is 81.1 cm³/mol. The normalized spacial score (nSPS) is 25.6. The summed E-state index contributed by atoms with van der Waals surface area (Å²) in [5.41, 5.74) is 1.30. The van der Waals surface area contributed by atoms with Gasteiger partial charge in [-0.25, -0.2) is 0 Å². The molecule has 0 amide bonds. The molecule has 4 rings (SSSR count). The molecular formula is C17H23NO4. The number of rotatable bonds is 5. The molecule has 3 heterocycles. The highest BCUT2D eigenvalue weighted by Gasteiger charge is 2.52. The molecule has 1 aromatic rings. The average molecular weight is 305 g/mol. The summed E-state index contributed by atoms with van der Waals surface area (Å²) < 4.78 is 22.5. The van der Waals surface area contributed by atoms with Crippen molar-refractivity contribution < 1.29 is 18.9 Å². The van der Waals surface area contributed by atoms with Crippen LogP contribution in [0, 0.1) is 5.92 Å². The molecule has 3 aliphatic rings. The summed E-state index contributed by atoms with van der Waals surface area (Å²) in [6, 6.07) is 6.20. The van der Waals surface area contributed by atoms with Crippen molar-refractivity contribution in [1.82, 2.24) is 4.90 Å². The molecule has 120 valence electrons. The van der Waals surface area contributed by atoms with Gasteiger partial charge in [-0.1, -0.05) is 6.07 Å². The fourth-order valence-electron chi connectivity index (χ4n) is 3.75. The first-order chi connectivity index (χ1) is 10.8. The van der Waals surface area contributed by atoms with Crippen molar-refractivity contribution in [3.05, 3.63) is 23.8 Å². The van der Waals surface area contributed by atoms with Crippen molar-refractivity contribution in [2.24, 2.45) is 5.92 Å². The standard InChI is InChI=1S/C17H23NO4/c1-2-19-9-14-5-6-22-17(14)10-18(11-17)8-13-3-4-15-16(7-13)21-12-20-15/h3-4,7,14H,2,5-6,8-12H2,1H3. The van der Waals surface area contributed by atoms with Gasteiger partial charge in [0.25, 0.3) is 0 Å². The molecule has 3 aliphatic heterocycles. The number of hydrogen-bond donors (Lipinski definition) is 0. The van der Waals surface area contributed by atoms with Crippen LogP contribution in [0.25, 0.3) is 0 Å². The first-order valence-corrected chi connectivity index (χ1v) is 8.12. The summed E-state index contributed by atoms with van der Waals surface area (Å²) in [7, 11) is 0. The van der Waals surface area contributed by atoms with Crippen molar-refractivity contribution in [2.45, 2.75) is 25.5 Å². The van der Waals surface area contributed by atoms with E-state index in [1.165, 1.54) is 5.56 Å². The van der Waals surface area contributed by atoms with E-state index in [1.807, 2.05) is 6.07 Å². The van der Waals surface area contributed by atoms with E-state index in [1.54, 1.807) is 0 Å². The summed E-state index contributed by atoms with van der Waals surface area (Å²) in [4.78, 5) is 2.43. The Bertz CT molecular complexity index is 541. The zero-order valence-electron chi connectivity index (χ0n) is 13.0. The zero-order chi connectivity index (χ0) is 15.0. The number of ether oxygens (including phenoxy) is 4. The van der Waals surface area contributed by atoms with E-state index >= 15 is 0 Å². The second kappa shape index (κ2) is 5.72. The van der Waals surface area contributed by atoms with Gasteiger partial charge < -0.3 is 18.9 Å². The van der Waals surface area contributed by atoms with Crippen LogP contribution in [0.1, 0.15) is 18.9 Å². The number of fused-ring (bicyclic) bond motifs is 1. The van der Waals surface area contributed by atoms with Crippen LogP contribution in [0.2, 0.25) is 0 Å². The second-order valence-electron chi connectivity index (χ2n) is 6.39. The maximum absolute atomic E-state index is 6.06. The van der Waals surface area contributed by atoms with Crippen molar-refractivity contribution in [3.8, 4) is 11.5 Å². The Labute approximate surface area is 131 Å². The lowest BCUT2D eigenvalue weighted by Gasteiger charge is -2.50. The van der Waals surface area contributed by atoms with Crippen molar-refractivity contribution in [3.63, 3.8) is 0 Å². The molecule has 1 aromatic carbocycles. The SMILES string of the molecule is CCOCC1CCOC12CN(Cc1ccc3c(c1)OCO3)C2. The van der Waals surface area contributed by atoms with Gasteiger partial charge >= 0.3 is 0 Å². The molecular weight excluding hydrogens is 282 g/mol. The highest BCUT2D eigenvalue weighted by molar-refractivity contribution is 5.44. The summed E-state index contributed by atoms with van der Waals surface area (Å²) >= 11 is 0. The number of nitrogens with zero attached hydrogens (tertiary/aromatic N) is 1. The van der Waals surface area contributed by atoms with Gasteiger partial charge in [0.05, 0.1) is 12.2 Å². The van der Waals surface area contributed by atoms with E-state index in [2.05, 4.69) is 24.0 Å². The number of likely N-dealkylation sites (tertiary alicyclic amines) is 1. The average Bonchev–Trinajstić information content (AvgIpc) is 3.10. The van der Waals surface area contributed by atoms with Gasteiger partial charge in [-0.2, -0.15) is 0 Å². The van der Waals surface area contributed by atoms with Gasteiger partial charge in [0.1, 0.15) is 0 Å². The van der Waals surface area contributed by atoms with Crippen LogP contribution >= 0.6 is 0 Å². The van der Waals surface area contributed by atoms with E-state index in [-0.39, 0.29) is 5.60 Å². The van der Waals surface area contributed by atoms with E-state index < -0.39 is 0 Å². The highest BCUT2D eigenvalue weighted by atomic mass is 16.7. The Morgan fingerprint density at radius 2 is 2.14 bits per heavy atom. The first-order valence-electron chi connectivity index (χ1n) is 8.12. The molecule has 1 spiro atoms. The molecule has 5 heteroatoms. The van der Waals surface area contributed by atoms with Gasteiger partial charge in [0, 0.05) is 38.8 Å². The summed E-state index contributed by atoms with van der Waals surface area (Å²) in [6.45, 7) is 7.80. The van der Waals surface area contributed by atoms with Crippen LogP contribution in [0.15, 0.2) is 18.2 Å². The Kier molecular flexibility index (Phi) is 3.72.